The molecule has 2 aromatic carbocycles. The van der Waals surface area contributed by atoms with Crippen LogP contribution < -0.4 is 15.6 Å². The molecular weight excluding hydrogens is 468 g/mol. The highest BCUT2D eigenvalue weighted by atomic mass is 32.2. The Morgan fingerprint density at radius 1 is 1.11 bits per heavy atom. The van der Waals surface area contributed by atoms with E-state index in [9.17, 15) is 18.0 Å². The van der Waals surface area contributed by atoms with Gasteiger partial charge in [-0.3, -0.25) is 9.59 Å². The van der Waals surface area contributed by atoms with Crippen molar-refractivity contribution in [1.82, 2.24) is 14.2 Å². The number of sulfonamides is 1. The number of carbonyl (C=O) groups is 1. The monoisotopic (exact) mass is 498 g/mol. The van der Waals surface area contributed by atoms with Crippen molar-refractivity contribution in [1.29, 1.82) is 0 Å². The number of fused-ring (bicyclic) bond motifs is 1. The summed E-state index contributed by atoms with van der Waals surface area (Å²) in [6.07, 6.45) is 1.49. The van der Waals surface area contributed by atoms with Crippen molar-refractivity contribution in [3.63, 3.8) is 0 Å². The predicted octanol–water partition coefficient (Wildman–Crippen LogP) is 1.82. The molecule has 1 N–H and O–H groups in total. The molecule has 1 aliphatic rings. The molecule has 2 heterocycles. The molecule has 1 fully saturated rings. The van der Waals surface area contributed by atoms with Gasteiger partial charge in [0.2, 0.25) is 15.5 Å². The number of para-hydroxylation sites is 1. The Morgan fingerprint density at radius 2 is 1.83 bits per heavy atom. The van der Waals surface area contributed by atoms with E-state index in [1.54, 1.807) is 17.7 Å². The number of rotatable bonds is 8. The molecule has 0 spiro atoms. The second-order valence-corrected chi connectivity index (χ2v) is 10.3. The lowest BCUT2D eigenvalue weighted by Gasteiger charge is -2.26. The van der Waals surface area contributed by atoms with Gasteiger partial charge in [0, 0.05) is 57.0 Å². The van der Waals surface area contributed by atoms with Crippen molar-refractivity contribution in [2.45, 2.75) is 11.8 Å². The molecule has 1 aromatic heterocycles. The number of hydrogen-bond donors (Lipinski definition) is 1. The van der Waals surface area contributed by atoms with Crippen LogP contribution in [0.25, 0.3) is 10.9 Å². The van der Waals surface area contributed by atoms with Crippen molar-refractivity contribution in [2.24, 2.45) is 7.05 Å². The van der Waals surface area contributed by atoms with Crippen LogP contribution in [-0.2, 0) is 21.8 Å². The lowest BCUT2D eigenvalue weighted by atomic mass is 10.1. The Morgan fingerprint density at radius 3 is 2.51 bits per heavy atom. The summed E-state index contributed by atoms with van der Waals surface area (Å²) in [4.78, 5) is 28.3. The number of anilines is 1. The highest BCUT2D eigenvalue weighted by molar-refractivity contribution is 7.89. The minimum Gasteiger partial charge on any atom is -0.379 e. The first-order chi connectivity index (χ1) is 16.8. The number of aryl methyl sites for hydroxylation is 1. The zero-order valence-electron chi connectivity index (χ0n) is 19.9. The van der Waals surface area contributed by atoms with Gasteiger partial charge >= 0.3 is 0 Å². The third-order valence-electron chi connectivity index (χ3n) is 6.18. The van der Waals surface area contributed by atoms with E-state index in [-0.39, 0.29) is 28.9 Å². The number of likely N-dealkylation sites (N-methyl/N-ethyl adjacent to an activating group) is 1. The van der Waals surface area contributed by atoms with E-state index in [0.717, 1.165) is 12.2 Å². The maximum Gasteiger partial charge on any atom is 0.256 e. The zero-order chi connectivity index (χ0) is 25.0. The molecular formula is C25H30N4O5S. The van der Waals surface area contributed by atoms with Crippen LogP contribution in [0.15, 0.2) is 64.4 Å². The molecule has 186 valence electrons. The summed E-state index contributed by atoms with van der Waals surface area (Å²) in [5.74, 6) is -0.488. The van der Waals surface area contributed by atoms with Crippen LogP contribution in [0.4, 0.5) is 5.69 Å². The fourth-order valence-corrected chi connectivity index (χ4v) is 5.67. The SMILES string of the molecule is CCN(CCNC(=O)c1cn(C)c2ccc(S(=O)(=O)N3CCOCC3)cc2c1=O)c1ccccc1. The first-order valence-electron chi connectivity index (χ1n) is 11.6. The van der Waals surface area contributed by atoms with E-state index in [1.165, 1.54) is 22.6 Å². The highest BCUT2D eigenvalue weighted by Gasteiger charge is 2.27. The lowest BCUT2D eigenvalue weighted by Crippen LogP contribution is -2.40. The van der Waals surface area contributed by atoms with Crippen molar-refractivity contribution >= 4 is 32.5 Å². The van der Waals surface area contributed by atoms with Gasteiger partial charge in [-0.25, -0.2) is 8.42 Å². The van der Waals surface area contributed by atoms with Gasteiger partial charge in [0.15, 0.2) is 0 Å². The molecule has 0 aliphatic carbocycles. The number of carbonyl (C=O) groups excluding carboxylic acids is 1. The Bertz CT molecular complexity index is 1370. The highest BCUT2D eigenvalue weighted by Crippen LogP contribution is 2.21. The van der Waals surface area contributed by atoms with Crippen LogP contribution in [0, 0.1) is 0 Å². The summed E-state index contributed by atoms with van der Waals surface area (Å²) >= 11 is 0. The molecule has 0 unspecified atom stereocenters. The zero-order valence-corrected chi connectivity index (χ0v) is 20.8. The lowest BCUT2D eigenvalue weighted by molar-refractivity contribution is 0.0730. The molecule has 10 heteroatoms. The van der Waals surface area contributed by atoms with E-state index in [1.807, 2.05) is 37.3 Å². The van der Waals surface area contributed by atoms with E-state index in [2.05, 4.69) is 10.2 Å². The van der Waals surface area contributed by atoms with Crippen LogP contribution in [0.1, 0.15) is 17.3 Å². The van der Waals surface area contributed by atoms with Gasteiger partial charge < -0.3 is 19.5 Å². The fraction of sp³-hybridized carbons (Fsp3) is 0.360. The normalized spacial score (nSPS) is 14.7. The number of pyridine rings is 1. The summed E-state index contributed by atoms with van der Waals surface area (Å²) in [6.45, 7) is 4.94. The minimum absolute atomic E-state index is 0.0244. The molecule has 4 rings (SSSR count). The van der Waals surface area contributed by atoms with Gasteiger partial charge in [0.1, 0.15) is 5.56 Å². The quantitative estimate of drug-likeness (QED) is 0.509. The third-order valence-corrected chi connectivity index (χ3v) is 8.08. The molecule has 9 nitrogen and oxygen atoms in total. The summed E-state index contributed by atoms with van der Waals surface area (Å²) in [5, 5.41) is 3.02. The largest absolute Gasteiger partial charge is 0.379 e. The Labute approximate surface area is 205 Å². The third kappa shape index (κ3) is 5.24. The second kappa shape index (κ2) is 10.6. The van der Waals surface area contributed by atoms with Gasteiger partial charge in [-0.15, -0.1) is 0 Å². The maximum absolute atomic E-state index is 13.2. The summed E-state index contributed by atoms with van der Waals surface area (Å²) < 4.78 is 34.4. The molecule has 1 amide bonds. The smallest absolute Gasteiger partial charge is 0.256 e. The average molecular weight is 499 g/mol. The Balaban J connectivity index is 1.56. The number of amides is 1. The summed E-state index contributed by atoms with van der Waals surface area (Å²) in [7, 11) is -2.04. The summed E-state index contributed by atoms with van der Waals surface area (Å²) in [6, 6.07) is 14.4. The number of aromatic nitrogens is 1. The van der Waals surface area contributed by atoms with E-state index >= 15 is 0 Å². The molecule has 0 atom stereocenters. The molecule has 0 saturated carbocycles. The van der Waals surface area contributed by atoms with Crippen molar-refractivity contribution in [2.75, 3.05) is 50.8 Å². The maximum atomic E-state index is 13.2. The molecule has 3 aromatic rings. The van der Waals surface area contributed by atoms with Gasteiger partial charge in [0.25, 0.3) is 5.91 Å². The van der Waals surface area contributed by atoms with Crippen LogP contribution in [0.3, 0.4) is 0 Å². The van der Waals surface area contributed by atoms with Crippen LogP contribution >= 0.6 is 0 Å². The number of morpholine rings is 1. The first-order valence-corrected chi connectivity index (χ1v) is 13.1. The number of nitrogens with zero attached hydrogens (tertiary/aromatic N) is 3. The molecule has 0 radical (unpaired) electrons. The van der Waals surface area contributed by atoms with Gasteiger partial charge in [-0.05, 0) is 37.3 Å². The predicted molar refractivity (Wildman–Crippen MR) is 135 cm³/mol. The fourth-order valence-electron chi connectivity index (χ4n) is 4.24. The van der Waals surface area contributed by atoms with E-state index < -0.39 is 21.4 Å². The Kier molecular flexibility index (Phi) is 7.54. The minimum atomic E-state index is -3.77. The van der Waals surface area contributed by atoms with Crippen molar-refractivity contribution in [3.05, 3.63) is 70.5 Å². The van der Waals surface area contributed by atoms with Crippen LogP contribution in [0.2, 0.25) is 0 Å². The first kappa shape index (κ1) is 24.9. The van der Waals surface area contributed by atoms with E-state index in [0.29, 0.717) is 31.8 Å². The molecule has 1 saturated heterocycles. The van der Waals surface area contributed by atoms with Crippen molar-refractivity contribution < 1.29 is 17.9 Å². The van der Waals surface area contributed by atoms with Gasteiger partial charge in [-0.2, -0.15) is 4.31 Å². The Hall–Kier alpha value is -3.21. The molecule has 1 aliphatic heterocycles. The second-order valence-electron chi connectivity index (χ2n) is 8.35. The number of benzene rings is 2. The molecule has 35 heavy (non-hydrogen) atoms. The van der Waals surface area contributed by atoms with Crippen molar-refractivity contribution in [3.8, 4) is 0 Å². The van der Waals surface area contributed by atoms with E-state index in [4.69, 9.17) is 4.74 Å². The summed E-state index contributed by atoms with van der Waals surface area (Å²) in [5.41, 5.74) is 1.09. The van der Waals surface area contributed by atoms with Crippen LogP contribution in [-0.4, -0.2) is 69.1 Å². The number of nitrogens with one attached hydrogen (secondary N) is 1. The van der Waals surface area contributed by atoms with Crippen LogP contribution in [0.5, 0.6) is 0 Å². The van der Waals surface area contributed by atoms with Gasteiger partial charge in [-0.1, -0.05) is 18.2 Å². The molecule has 0 bridgehead atoms. The standard InChI is InChI=1S/C25H30N4O5S/c1-3-28(19-7-5-4-6-8-19)12-11-26-25(31)22-18-27(2)23-10-9-20(17-21(23)24(22)30)35(32,33)29-13-15-34-16-14-29/h4-10,17-18H,3,11-16H2,1-2H3,(H,26,31). The van der Waals surface area contributed by atoms with Gasteiger partial charge in [0.05, 0.1) is 23.6 Å². The number of ether oxygens (including phenoxy) is 1. The average Bonchev–Trinajstić information content (AvgIpc) is 2.89. The topological polar surface area (TPSA) is 101 Å². The number of hydrogen-bond acceptors (Lipinski definition) is 6.